The van der Waals surface area contributed by atoms with Crippen LogP contribution in [0.5, 0.6) is 5.75 Å². The lowest BCUT2D eigenvalue weighted by molar-refractivity contribution is -0.145. The molecule has 0 spiro atoms. The number of amides is 1. The summed E-state index contributed by atoms with van der Waals surface area (Å²) in [4.78, 5) is 35.8. The monoisotopic (exact) mass is 389 g/mol. The summed E-state index contributed by atoms with van der Waals surface area (Å²) in [6.45, 7) is 7.46. The average Bonchev–Trinajstić information content (AvgIpc) is 2.64. The summed E-state index contributed by atoms with van der Waals surface area (Å²) in [5.41, 5.74) is 1.68. The third kappa shape index (κ3) is 5.34. The van der Waals surface area contributed by atoms with Gasteiger partial charge in [0, 0.05) is 17.5 Å². The van der Waals surface area contributed by atoms with Crippen LogP contribution in [0.1, 0.15) is 38.3 Å². The second-order valence-electron chi connectivity index (χ2n) is 7.12. The summed E-state index contributed by atoms with van der Waals surface area (Å²) in [5.74, 6) is -0.232. The zero-order valence-corrected chi connectivity index (χ0v) is 17.0. The number of hydrogen-bond acceptors (Lipinski definition) is 6. The van der Waals surface area contributed by atoms with Crippen molar-refractivity contribution < 1.29 is 23.5 Å². The van der Waals surface area contributed by atoms with E-state index in [-0.39, 0.29) is 12.5 Å². The molecule has 1 aromatic carbocycles. The van der Waals surface area contributed by atoms with E-state index in [0.717, 1.165) is 16.5 Å². The lowest BCUT2D eigenvalue weighted by Crippen LogP contribution is -2.44. The maximum atomic E-state index is 12.3. The van der Waals surface area contributed by atoms with Crippen LogP contribution in [-0.2, 0) is 20.7 Å². The van der Waals surface area contributed by atoms with E-state index < -0.39 is 23.5 Å². The van der Waals surface area contributed by atoms with Gasteiger partial charge in [-0.2, -0.15) is 0 Å². The minimum atomic E-state index is -0.718. The normalized spacial score (nSPS) is 12.1. The van der Waals surface area contributed by atoms with Crippen molar-refractivity contribution in [3.63, 3.8) is 0 Å². The Kier molecular flexibility index (Phi) is 7.20. The molecule has 152 valence electrons. The molecular weight excluding hydrogens is 362 g/mol. The van der Waals surface area contributed by atoms with Crippen LogP contribution in [0.3, 0.4) is 0 Å². The number of esters is 1. The van der Waals surface area contributed by atoms with Crippen LogP contribution in [-0.4, -0.2) is 31.6 Å². The van der Waals surface area contributed by atoms with Crippen molar-refractivity contribution in [1.82, 2.24) is 5.32 Å². The molecule has 0 bridgehead atoms. The third-order valence-electron chi connectivity index (χ3n) is 4.40. The second kappa shape index (κ2) is 9.39. The molecule has 1 heterocycles. The van der Waals surface area contributed by atoms with Crippen LogP contribution in [0.4, 0.5) is 0 Å². The largest absolute Gasteiger partial charge is 0.483 e. The predicted octanol–water partition coefficient (Wildman–Crippen LogP) is 2.75. The SMILES string of the molecule is CCc1cc2c(C)cc(=O)oc2cc1OCC(=O)NC(CC(C)C)C(=O)OC. The van der Waals surface area contributed by atoms with Gasteiger partial charge in [0.2, 0.25) is 0 Å². The number of benzene rings is 1. The van der Waals surface area contributed by atoms with Crippen LogP contribution in [0, 0.1) is 12.8 Å². The standard InChI is InChI=1S/C21H27NO6/c1-6-14-9-15-13(4)8-20(24)28-18(15)10-17(14)27-11-19(23)22-16(7-12(2)3)21(25)26-5/h8-10,12,16H,6-7,11H2,1-5H3,(H,22,23). The number of ether oxygens (including phenoxy) is 2. The van der Waals surface area contributed by atoms with Crippen molar-refractivity contribution >= 4 is 22.8 Å². The first kappa shape index (κ1) is 21.5. The van der Waals surface area contributed by atoms with Crippen molar-refractivity contribution in [3.05, 3.63) is 39.7 Å². The van der Waals surface area contributed by atoms with Crippen molar-refractivity contribution in [2.45, 2.75) is 46.6 Å². The molecule has 2 aromatic rings. The van der Waals surface area contributed by atoms with E-state index in [1.807, 2.05) is 33.8 Å². The maximum Gasteiger partial charge on any atom is 0.336 e. The van der Waals surface area contributed by atoms with E-state index in [1.54, 1.807) is 6.07 Å². The predicted molar refractivity (Wildman–Crippen MR) is 105 cm³/mol. The molecule has 0 aliphatic heterocycles. The Hall–Kier alpha value is -2.83. The van der Waals surface area contributed by atoms with Gasteiger partial charge in [0.05, 0.1) is 7.11 Å². The number of hydrogen-bond donors (Lipinski definition) is 1. The van der Waals surface area contributed by atoms with Gasteiger partial charge in [-0.25, -0.2) is 9.59 Å². The van der Waals surface area contributed by atoms with Crippen molar-refractivity contribution in [1.29, 1.82) is 0 Å². The summed E-state index contributed by atoms with van der Waals surface area (Å²) in [6.07, 6.45) is 1.16. The molecule has 1 amide bonds. The highest BCUT2D eigenvalue weighted by atomic mass is 16.5. The van der Waals surface area contributed by atoms with E-state index in [9.17, 15) is 14.4 Å². The van der Waals surface area contributed by atoms with Crippen LogP contribution < -0.4 is 15.7 Å². The molecule has 0 radical (unpaired) electrons. The van der Waals surface area contributed by atoms with Crippen LogP contribution in [0.15, 0.2) is 27.4 Å². The Bertz CT molecular complexity index is 915. The van der Waals surface area contributed by atoms with Gasteiger partial charge in [0.1, 0.15) is 17.4 Å². The van der Waals surface area contributed by atoms with Gasteiger partial charge < -0.3 is 19.2 Å². The van der Waals surface area contributed by atoms with E-state index in [2.05, 4.69) is 5.32 Å². The molecule has 0 saturated heterocycles. The first-order chi connectivity index (χ1) is 13.2. The fraction of sp³-hybridized carbons (Fsp3) is 0.476. The number of aryl methyl sites for hydroxylation is 2. The molecule has 1 atom stereocenters. The zero-order chi connectivity index (χ0) is 20.8. The first-order valence-electron chi connectivity index (χ1n) is 9.32. The van der Waals surface area contributed by atoms with E-state index in [0.29, 0.717) is 24.2 Å². The molecule has 1 N–H and O–H groups in total. The van der Waals surface area contributed by atoms with E-state index in [4.69, 9.17) is 13.9 Å². The summed E-state index contributed by atoms with van der Waals surface area (Å²) in [7, 11) is 1.29. The van der Waals surface area contributed by atoms with Crippen LogP contribution in [0.2, 0.25) is 0 Å². The summed E-state index contributed by atoms with van der Waals surface area (Å²) in [6, 6.07) is 4.25. The summed E-state index contributed by atoms with van der Waals surface area (Å²) < 4.78 is 15.7. The minimum absolute atomic E-state index is 0.212. The summed E-state index contributed by atoms with van der Waals surface area (Å²) >= 11 is 0. The fourth-order valence-electron chi connectivity index (χ4n) is 3.01. The van der Waals surface area contributed by atoms with Gasteiger partial charge in [-0.05, 0) is 42.9 Å². The van der Waals surface area contributed by atoms with Crippen molar-refractivity contribution in [3.8, 4) is 5.75 Å². The minimum Gasteiger partial charge on any atom is -0.483 e. The third-order valence-corrected chi connectivity index (χ3v) is 4.40. The smallest absolute Gasteiger partial charge is 0.336 e. The number of nitrogens with one attached hydrogen (secondary N) is 1. The number of fused-ring (bicyclic) bond motifs is 1. The maximum absolute atomic E-state index is 12.3. The molecular formula is C21H27NO6. The zero-order valence-electron chi connectivity index (χ0n) is 17.0. The first-order valence-corrected chi connectivity index (χ1v) is 9.32. The lowest BCUT2D eigenvalue weighted by atomic mass is 10.0. The fourth-order valence-corrected chi connectivity index (χ4v) is 3.01. The molecule has 1 unspecified atom stereocenters. The number of carbonyl (C=O) groups excluding carboxylic acids is 2. The number of carbonyl (C=O) groups is 2. The Labute approximate surface area is 164 Å². The van der Waals surface area contributed by atoms with Gasteiger partial charge >= 0.3 is 11.6 Å². The topological polar surface area (TPSA) is 94.8 Å². The van der Waals surface area contributed by atoms with Gasteiger partial charge in [-0.3, -0.25) is 4.79 Å². The molecule has 28 heavy (non-hydrogen) atoms. The van der Waals surface area contributed by atoms with Crippen LogP contribution >= 0.6 is 0 Å². The van der Waals surface area contributed by atoms with Crippen molar-refractivity contribution in [2.24, 2.45) is 5.92 Å². The Morgan fingerprint density at radius 1 is 1.21 bits per heavy atom. The number of methoxy groups -OCH3 is 1. The van der Waals surface area contributed by atoms with Crippen LogP contribution in [0.25, 0.3) is 11.0 Å². The number of rotatable bonds is 8. The highest BCUT2D eigenvalue weighted by Gasteiger charge is 2.23. The Morgan fingerprint density at radius 3 is 2.54 bits per heavy atom. The molecule has 0 fully saturated rings. The van der Waals surface area contributed by atoms with Gasteiger partial charge in [0.15, 0.2) is 6.61 Å². The second-order valence-corrected chi connectivity index (χ2v) is 7.12. The van der Waals surface area contributed by atoms with Gasteiger partial charge in [0.25, 0.3) is 5.91 Å². The van der Waals surface area contributed by atoms with Gasteiger partial charge in [-0.1, -0.05) is 20.8 Å². The average molecular weight is 389 g/mol. The quantitative estimate of drug-likeness (QED) is 0.551. The molecule has 7 nitrogen and oxygen atoms in total. The molecule has 0 aliphatic carbocycles. The molecule has 0 aliphatic rings. The van der Waals surface area contributed by atoms with E-state index in [1.165, 1.54) is 13.2 Å². The summed E-state index contributed by atoms with van der Waals surface area (Å²) in [5, 5.41) is 3.48. The Balaban J connectivity index is 2.16. The van der Waals surface area contributed by atoms with Gasteiger partial charge in [-0.15, -0.1) is 0 Å². The highest BCUT2D eigenvalue weighted by Crippen LogP contribution is 2.27. The molecule has 0 saturated carbocycles. The molecule has 7 heteroatoms. The van der Waals surface area contributed by atoms with Crippen molar-refractivity contribution in [2.75, 3.05) is 13.7 Å². The lowest BCUT2D eigenvalue weighted by Gasteiger charge is -2.19. The molecule has 2 rings (SSSR count). The Morgan fingerprint density at radius 2 is 1.93 bits per heavy atom. The highest BCUT2D eigenvalue weighted by molar-refractivity contribution is 5.86. The molecule has 1 aromatic heterocycles. The van der Waals surface area contributed by atoms with E-state index >= 15 is 0 Å².